The second-order valence-corrected chi connectivity index (χ2v) is 5.89. The van der Waals surface area contributed by atoms with Gasteiger partial charge in [-0.2, -0.15) is 0 Å². The highest BCUT2D eigenvalue weighted by atomic mass is 16.3. The molecule has 0 aliphatic heterocycles. The molecular weight excluding hydrogens is 208 g/mol. The average molecular weight is 242 g/mol. The Balaban J connectivity index is 3.13. The van der Waals surface area contributed by atoms with Gasteiger partial charge < -0.3 is 5.11 Å². The van der Waals surface area contributed by atoms with E-state index in [-0.39, 0.29) is 6.10 Å². The van der Waals surface area contributed by atoms with E-state index in [0.717, 1.165) is 18.8 Å². The summed E-state index contributed by atoms with van der Waals surface area (Å²) in [5.74, 6) is 0.778. The Hall–Kier alpha value is -0.0400. The first kappa shape index (κ1) is 17.0. The van der Waals surface area contributed by atoms with Crippen LogP contribution in [0.1, 0.15) is 91.4 Å². The summed E-state index contributed by atoms with van der Waals surface area (Å²) in [6.45, 7) is 6.76. The zero-order valence-electron chi connectivity index (χ0n) is 12.4. The first-order valence-electron chi connectivity index (χ1n) is 7.84. The lowest BCUT2D eigenvalue weighted by Crippen LogP contribution is -2.06. The number of aliphatic hydroxyl groups excluding tert-OH is 1. The summed E-state index contributed by atoms with van der Waals surface area (Å²) in [6.07, 6.45) is 13.8. The van der Waals surface area contributed by atoms with Crippen LogP contribution in [-0.4, -0.2) is 11.2 Å². The third-order valence-electron chi connectivity index (χ3n) is 3.46. The molecule has 1 N–H and O–H groups in total. The molecule has 0 rings (SSSR count). The number of hydrogen-bond donors (Lipinski definition) is 1. The highest BCUT2D eigenvalue weighted by Crippen LogP contribution is 2.14. The normalized spacial score (nSPS) is 13.2. The van der Waals surface area contributed by atoms with Gasteiger partial charge >= 0.3 is 0 Å². The van der Waals surface area contributed by atoms with Gasteiger partial charge in [0.15, 0.2) is 0 Å². The highest BCUT2D eigenvalue weighted by molar-refractivity contribution is 4.58. The van der Waals surface area contributed by atoms with Gasteiger partial charge in [-0.1, -0.05) is 78.6 Å². The number of unbranched alkanes of at least 4 members (excludes halogenated alkanes) is 6. The molecule has 1 nitrogen and oxygen atoms in total. The maximum Gasteiger partial charge on any atom is 0.0540 e. The quantitative estimate of drug-likeness (QED) is 0.460. The van der Waals surface area contributed by atoms with Crippen molar-refractivity contribution in [2.24, 2.45) is 5.92 Å². The summed E-state index contributed by atoms with van der Waals surface area (Å²) in [5, 5.41) is 9.80. The van der Waals surface area contributed by atoms with Crippen molar-refractivity contribution in [3.05, 3.63) is 0 Å². The van der Waals surface area contributed by atoms with Crippen LogP contribution < -0.4 is 0 Å². The van der Waals surface area contributed by atoms with Crippen LogP contribution in [0.4, 0.5) is 0 Å². The van der Waals surface area contributed by atoms with Crippen LogP contribution in [-0.2, 0) is 0 Å². The van der Waals surface area contributed by atoms with Crippen molar-refractivity contribution >= 4 is 0 Å². The minimum absolute atomic E-state index is 0.0376. The Bertz CT molecular complexity index is 142. The Kier molecular flexibility index (Phi) is 12.4. The summed E-state index contributed by atoms with van der Waals surface area (Å²) in [7, 11) is 0. The lowest BCUT2D eigenvalue weighted by Gasteiger charge is -2.11. The summed E-state index contributed by atoms with van der Waals surface area (Å²) in [4.78, 5) is 0. The summed E-state index contributed by atoms with van der Waals surface area (Å²) in [6, 6.07) is 0. The van der Waals surface area contributed by atoms with Crippen molar-refractivity contribution in [1.82, 2.24) is 0 Å². The van der Waals surface area contributed by atoms with Crippen LogP contribution in [0, 0.1) is 5.92 Å². The minimum Gasteiger partial charge on any atom is -0.393 e. The molecule has 17 heavy (non-hydrogen) atoms. The Morgan fingerprint density at radius 2 is 1.24 bits per heavy atom. The molecule has 0 amide bonds. The molecule has 1 unspecified atom stereocenters. The van der Waals surface area contributed by atoms with Gasteiger partial charge in [0.2, 0.25) is 0 Å². The highest BCUT2D eigenvalue weighted by Gasteiger charge is 2.04. The van der Waals surface area contributed by atoms with Crippen LogP contribution >= 0.6 is 0 Å². The van der Waals surface area contributed by atoms with E-state index in [4.69, 9.17) is 0 Å². The van der Waals surface area contributed by atoms with E-state index in [0.29, 0.717) is 0 Å². The van der Waals surface area contributed by atoms with Crippen LogP contribution in [0.5, 0.6) is 0 Å². The van der Waals surface area contributed by atoms with E-state index in [1.54, 1.807) is 0 Å². The van der Waals surface area contributed by atoms with Gasteiger partial charge in [-0.3, -0.25) is 0 Å². The minimum atomic E-state index is -0.0376. The maximum absolute atomic E-state index is 9.80. The first-order valence-corrected chi connectivity index (χ1v) is 7.84. The summed E-state index contributed by atoms with van der Waals surface area (Å²) in [5.41, 5.74) is 0. The van der Waals surface area contributed by atoms with Gasteiger partial charge in [-0.15, -0.1) is 0 Å². The second kappa shape index (κ2) is 12.4. The molecular formula is C16H34O. The van der Waals surface area contributed by atoms with Gasteiger partial charge in [0.05, 0.1) is 6.10 Å². The van der Waals surface area contributed by atoms with E-state index in [1.165, 1.54) is 57.8 Å². The molecule has 1 heteroatoms. The Morgan fingerprint density at radius 1 is 0.706 bits per heavy atom. The van der Waals surface area contributed by atoms with Crippen molar-refractivity contribution in [1.29, 1.82) is 0 Å². The number of hydrogen-bond acceptors (Lipinski definition) is 1. The Labute approximate surface area is 109 Å². The number of rotatable bonds is 12. The molecule has 0 aliphatic carbocycles. The third-order valence-corrected chi connectivity index (χ3v) is 3.46. The van der Waals surface area contributed by atoms with Crippen molar-refractivity contribution < 1.29 is 5.11 Å². The monoisotopic (exact) mass is 242 g/mol. The average Bonchev–Trinajstić information content (AvgIpc) is 2.27. The zero-order valence-corrected chi connectivity index (χ0v) is 12.4. The van der Waals surface area contributed by atoms with E-state index in [9.17, 15) is 5.11 Å². The van der Waals surface area contributed by atoms with E-state index < -0.39 is 0 Å². The predicted octanol–water partition coefficient (Wildman–Crippen LogP) is 5.31. The molecule has 0 fully saturated rings. The lowest BCUT2D eigenvalue weighted by atomic mass is 10.0. The summed E-state index contributed by atoms with van der Waals surface area (Å²) >= 11 is 0. The van der Waals surface area contributed by atoms with Gasteiger partial charge in [-0.05, 0) is 18.8 Å². The molecule has 0 saturated carbocycles. The van der Waals surface area contributed by atoms with Gasteiger partial charge in [0.1, 0.15) is 0 Å². The zero-order chi connectivity index (χ0) is 12.9. The molecule has 0 aliphatic rings. The summed E-state index contributed by atoms with van der Waals surface area (Å²) < 4.78 is 0. The smallest absolute Gasteiger partial charge is 0.0540 e. The SMILES string of the molecule is CCCCCCCCCC(O)CCCC(C)C. The van der Waals surface area contributed by atoms with Crippen molar-refractivity contribution in [2.75, 3.05) is 0 Å². The van der Waals surface area contributed by atoms with Gasteiger partial charge in [-0.25, -0.2) is 0 Å². The molecule has 1 atom stereocenters. The number of aliphatic hydroxyl groups is 1. The Morgan fingerprint density at radius 3 is 1.82 bits per heavy atom. The first-order chi connectivity index (χ1) is 8.16. The van der Waals surface area contributed by atoms with Crippen LogP contribution in [0.25, 0.3) is 0 Å². The fraction of sp³-hybridized carbons (Fsp3) is 1.00. The van der Waals surface area contributed by atoms with Gasteiger partial charge in [0.25, 0.3) is 0 Å². The van der Waals surface area contributed by atoms with Crippen LogP contribution in [0.3, 0.4) is 0 Å². The van der Waals surface area contributed by atoms with E-state index >= 15 is 0 Å². The predicted molar refractivity (Wildman–Crippen MR) is 77.3 cm³/mol. The lowest BCUT2D eigenvalue weighted by molar-refractivity contribution is 0.146. The molecule has 0 heterocycles. The van der Waals surface area contributed by atoms with Crippen molar-refractivity contribution in [3.63, 3.8) is 0 Å². The standard InChI is InChI=1S/C16H34O/c1-4-5-6-7-8-9-10-13-16(17)14-11-12-15(2)3/h15-17H,4-14H2,1-3H3. The molecule has 104 valence electrons. The molecule has 0 aromatic carbocycles. The van der Waals surface area contributed by atoms with Crippen LogP contribution in [0.15, 0.2) is 0 Å². The van der Waals surface area contributed by atoms with E-state index in [2.05, 4.69) is 20.8 Å². The fourth-order valence-electron chi connectivity index (χ4n) is 2.24. The largest absolute Gasteiger partial charge is 0.393 e. The van der Waals surface area contributed by atoms with E-state index in [1.807, 2.05) is 0 Å². The van der Waals surface area contributed by atoms with Gasteiger partial charge in [0, 0.05) is 0 Å². The molecule has 0 saturated heterocycles. The molecule has 0 radical (unpaired) electrons. The molecule has 0 aromatic heterocycles. The second-order valence-electron chi connectivity index (χ2n) is 5.89. The van der Waals surface area contributed by atoms with Crippen molar-refractivity contribution in [3.8, 4) is 0 Å². The molecule has 0 bridgehead atoms. The van der Waals surface area contributed by atoms with Crippen LogP contribution in [0.2, 0.25) is 0 Å². The van der Waals surface area contributed by atoms with Crippen molar-refractivity contribution in [2.45, 2.75) is 97.5 Å². The molecule has 0 spiro atoms. The molecule has 0 aromatic rings. The topological polar surface area (TPSA) is 20.2 Å². The fourth-order valence-corrected chi connectivity index (χ4v) is 2.24. The maximum atomic E-state index is 9.80. The third kappa shape index (κ3) is 13.9.